The van der Waals surface area contributed by atoms with Crippen LogP contribution in [0.1, 0.15) is 33.4 Å². The van der Waals surface area contributed by atoms with Gasteiger partial charge in [-0.05, 0) is 48.0 Å². The maximum atomic E-state index is 12.5. The summed E-state index contributed by atoms with van der Waals surface area (Å²) < 4.78 is 10.8. The number of ether oxygens (including phenoxy) is 1. The number of nitrogens with one attached hydrogen (secondary N) is 1. The van der Waals surface area contributed by atoms with Gasteiger partial charge in [-0.25, -0.2) is 10.2 Å². The number of hydrogen-bond donors (Lipinski definition) is 1. The number of furan rings is 1. The highest BCUT2D eigenvalue weighted by Crippen LogP contribution is 2.23. The second-order valence-corrected chi connectivity index (χ2v) is 6.73. The molecule has 1 heterocycles. The quantitative estimate of drug-likeness (QED) is 0.273. The molecule has 3 aromatic carbocycles. The van der Waals surface area contributed by atoms with Gasteiger partial charge in [0.05, 0.1) is 18.4 Å². The van der Waals surface area contributed by atoms with Crippen LogP contribution in [0.2, 0.25) is 0 Å². The van der Waals surface area contributed by atoms with Crippen molar-refractivity contribution >= 4 is 28.9 Å². The van der Waals surface area contributed by atoms with Crippen molar-refractivity contribution < 1.29 is 18.7 Å². The van der Waals surface area contributed by atoms with Gasteiger partial charge < -0.3 is 9.15 Å². The predicted octanol–water partition coefficient (Wildman–Crippen LogP) is 5.04. The van der Waals surface area contributed by atoms with E-state index in [1.807, 2.05) is 42.5 Å². The van der Waals surface area contributed by atoms with Gasteiger partial charge in [0, 0.05) is 11.1 Å². The molecule has 4 aromatic rings. The van der Waals surface area contributed by atoms with E-state index in [1.165, 1.54) is 6.21 Å². The average Bonchev–Trinajstić information content (AvgIpc) is 3.28. The minimum atomic E-state index is -0.381. The summed E-state index contributed by atoms with van der Waals surface area (Å²) in [5.41, 5.74) is 4.28. The molecule has 0 fully saturated rings. The van der Waals surface area contributed by atoms with Crippen molar-refractivity contribution in [2.45, 2.75) is 6.92 Å². The molecule has 1 amide bonds. The molecule has 0 bridgehead atoms. The standard InChI is InChI=1S/C25H20N2O4/c1-2-30-25(29)19-10-5-9-18(15-19)23-14-13-20(31-23)16-26-27-24(28)22-12-6-8-17-7-3-4-11-21(17)22/h3-16H,2H2,1H3,(H,27,28)/b26-16+. The highest BCUT2D eigenvalue weighted by atomic mass is 16.5. The lowest BCUT2D eigenvalue weighted by Crippen LogP contribution is -2.17. The highest BCUT2D eigenvalue weighted by molar-refractivity contribution is 6.07. The summed E-state index contributed by atoms with van der Waals surface area (Å²) in [6.07, 6.45) is 1.43. The van der Waals surface area contributed by atoms with Crippen molar-refractivity contribution in [2.75, 3.05) is 6.61 Å². The van der Waals surface area contributed by atoms with E-state index in [1.54, 1.807) is 43.3 Å². The largest absolute Gasteiger partial charge is 0.462 e. The zero-order valence-electron chi connectivity index (χ0n) is 16.9. The minimum absolute atomic E-state index is 0.304. The fraction of sp³-hybridized carbons (Fsp3) is 0.0800. The molecule has 0 aliphatic rings. The van der Waals surface area contributed by atoms with Gasteiger partial charge in [-0.1, -0.05) is 48.5 Å². The maximum absolute atomic E-state index is 12.5. The molecule has 0 saturated carbocycles. The molecule has 0 spiro atoms. The first-order valence-electron chi connectivity index (χ1n) is 9.84. The fourth-order valence-electron chi connectivity index (χ4n) is 3.23. The number of carbonyl (C=O) groups excluding carboxylic acids is 2. The van der Waals surface area contributed by atoms with Crippen LogP contribution in [0.25, 0.3) is 22.1 Å². The number of hydrogen-bond acceptors (Lipinski definition) is 5. The summed E-state index contributed by atoms with van der Waals surface area (Å²) >= 11 is 0. The van der Waals surface area contributed by atoms with Crippen molar-refractivity contribution in [1.82, 2.24) is 5.43 Å². The number of fused-ring (bicyclic) bond motifs is 1. The molecule has 154 valence electrons. The third-order valence-electron chi connectivity index (χ3n) is 4.68. The first-order chi connectivity index (χ1) is 15.2. The van der Waals surface area contributed by atoms with E-state index in [0.29, 0.717) is 29.3 Å². The molecule has 0 aliphatic carbocycles. The van der Waals surface area contributed by atoms with E-state index in [9.17, 15) is 9.59 Å². The molecule has 0 aliphatic heterocycles. The Morgan fingerprint density at radius 1 is 1.00 bits per heavy atom. The van der Waals surface area contributed by atoms with Gasteiger partial charge in [0.25, 0.3) is 5.91 Å². The Morgan fingerprint density at radius 3 is 2.68 bits per heavy atom. The topological polar surface area (TPSA) is 80.9 Å². The van der Waals surface area contributed by atoms with E-state index < -0.39 is 0 Å². The van der Waals surface area contributed by atoms with E-state index >= 15 is 0 Å². The van der Waals surface area contributed by atoms with E-state index in [2.05, 4.69) is 10.5 Å². The molecule has 0 saturated heterocycles. The second kappa shape index (κ2) is 9.09. The third-order valence-corrected chi connectivity index (χ3v) is 4.68. The van der Waals surface area contributed by atoms with Gasteiger partial charge in [0.1, 0.15) is 11.5 Å². The molecular formula is C25H20N2O4. The smallest absolute Gasteiger partial charge is 0.338 e. The van der Waals surface area contributed by atoms with Crippen LogP contribution < -0.4 is 5.43 Å². The Kier molecular flexibility index (Phi) is 5.89. The zero-order chi connectivity index (χ0) is 21.6. The van der Waals surface area contributed by atoms with E-state index in [0.717, 1.165) is 16.3 Å². The van der Waals surface area contributed by atoms with Gasteiger partial charge in [-0.3, -0.25) is 4.79 Å². The average molecular weight is 412 g/mol. The first kappa shape index (κ1) is 20.1. The van der Waals surface area contributed by atoms with Crippen LogP contribution in [0.4, 0.5) is 0 Å². The van der Waals surface area contributed by atoms with Gasteiger partial charge in [0.15, 0.2) is 0 Å². The number of rotatable bonds is 6. The molecule has 6 nitrogen and oxygen atoms in total. The summed E-state index contributed by atoms with van der Waals surface area (Å²) in [5, 5.41) is 5.86. The second-order valence-electron chi connectivity index (χ2n) is 6.73. The first-order valence-corrected chi connectivity index (χ1v) is 9.84. The van der Waals surface area contributed by atoms with Gasteiger partial charge in [-0.2, -0.15) is 5.10 Å². The Hall–Kier alpha value is -4.19. The van der Waals surface area contributed by atoms with Crippen LogP contribution >= 0.6 is 0 Å². The molecule has 4 rings (SSSR count). The van der Waals surface area contributed by atoms with Gasteiger partial charge >= 0.3 is 5.97 Å². The fourth-order valence-corrected chi connectivity index (χ4v) is 3.23. The summed E-state index contributed by atoms with van der Waals surface area (Å²) in [6, 6.07) is 23.7. The SMILES string of the molecule is CCOC(=O)c1cccc(-c2ccc(/C=N/NC(=O)c3cccc4ccccc34)o2)c1. The van der Waals surface area contributed by atoms with Crippen molar-refractivity contribution in [3.05, 3.63) is 95.7 Å². The lowest BCUT2D eigenvalue weighted by Gasteiger charge is -2.04. The molecule has 1 N–H and O–H groups in total. The lowest BCUT2D eigenvalue weighted by atomic mass is 10.0. The molecule has 0 radical (unpaired) electrons. The summed E-state index contributed by atoms with van der Waals surface area (Å²) in [5.74, 6) is 0.360. The summed E-state index contributed by atoms with van der Waals surface area (Å²) in [4.78, 5) is 24.5. The van der Waals surface area contributed by atoms with Crippen LogP contribution in [0, 0.1) is 0 Å². The van der Waals surface area contributed by atoms with Crippen LogP contribution in [-0.2, 0) is 4.74 Å². The van der Waals surface area contributed by atoms with Gasteiger partial charge in [0.2, 0.25) is 0 Å². The Morgan fingerprint density at radius 2 is 1.81 bits per heavy atom. The third kappa shape index (κ3) is 4.53. The van der Waals surface area contributed by atoms with Crippen molar-refractivity contribution in [3.8, 4) is 11.3 Å². The Balaban J connectivity index is 1.46. The van der Waals surface area contributed by atoms with Crippen LogP contribution in [0.5, 0.6) is 0 Å². The number of nitrogens with zero attached hydrogens (tertiary/aromatic N) is 1. The van der Waals surface area contributed by atoms with Gasteiger partial charge in [-0.15, -0.1) is 0 Å². The molecule has 1 aromatic heterocycles. The Bertz CT molecular complexity index is 1270. The molecule has 0 atom stereocenters. The molecule has 31 heavy (non-hydrogen) atoms. The summed E-state index contributed by atoms with van der Waals surface area (Å²) in [6.45, 7) is 2.08. The number of carbonyl (C=O) groups is 2. The number of amides is 1. The van der Waals surface area contributed by atoms with Crippen LogP contribution in [0.3, 0.4) is 0 Å². The highest BCUT2D eigenvalue weighted by Gasteiger charge is 2.11. The van der Waals surface area contributed by atoms with E-state index in [4.69, 9.17) is 9.15 Å². The molecule has 6 heteroatoms. The Labute approximate surface area is 179 Å². The zero-order valence-corrected chi connectivity index (χ0v) is 16.9. The van der Waals surface area contributed by atoms with Crippen LogP contribution in [0.15, 0.2) is 88.4 Å². The number of hydrazone groups is 1. The maximum Gasteiger partial charge on any atom is 0.338 e. The minimum Gasteiger partial charge on any atom is -0.462 e. The van der Waals surface area contributed by atoms with Crippen molar-refractivity contribution in [2.24, 2.45) is 5.10 Å². The monoisotopic (exact) mass is 412 g/mol. The van der Waals surface area contributed by atoms with E-state index in [-0.39, 0.29) is 11.9 Å². The lowest BCUT2D eigenvalue weighted by molar-refractivity contribution is 0.0526. The molecular weight excluding hydrogens is 392 g/mol. The normalized spacial score (nSPS) is 11.0. The van der Waals surface area contributed by atoms with Crippen LogP contribution in [-0.4, -0.2) is 24.7 Å². The predicted molar refractivity (Wildman–Crippen MR) is 119 cm³/mol. The summed E-state index contributed by atoms with van der Waals surface area (Å²) in [7, 11) is 0. The van der Waals surface area contributed by atoms with Crippen molar-refractivity contribution in [1.29, 1.82) is 0 Å². The van der Waals surface area contributed by atoms with Crippen molar-refractivity contribution in [3.63, 3.8) is 0 Å². The number of esters is 1. The number of benzene rings is 3. The molecule has 0 unspecified atom stereocenters.